The van der Waals surface area contributed by atoms with Gasteiger partial charge in [-0.3, -0.25) is 14.5 Å². The van der Waals surface area contributed by atoms with Gasteiger partial charge in [0, 0.05) is 19.2 Å². The summed E-state index contributed by atoms with van der Waals surface area (Å²) in [6.07, 6.45) is 1.64. The number of halogens is 2. The fourth-order valence-corrected chi connectivity index (χ4v) is 2.58. The SMILES string of the molecule is CNC(=O)C1CCCN(CC(=O)c2ccc(F)c(F)c2)C1. The van der Waals surface area contributed by atoms with E-state index in [0.29, 0.717) is 6.54 Å². The standard InChI is InChI=1S/C15H18F2N2O2/c1-18-15(21)11-3-2-6-19(8-11)9-14(20)10-4-5-12(16)13(17)7-10/h4-5,7,11H,2-3,6,8-9H2,1H3,(H,18,21). The van der Waals surface area contributed by atoms with Crippen LogP contribution in [-0.2, 0) is 4.79 Å². The van der Waals surface area contributed by atoms with E-state index < -0.39 is 11.6 Å². The molecule has 0 radical (unpaired) electrons. The smallest absolute Gasteiger partial charge is 0.224 e. The fourth-order valence-electron chi connectivity index (χ4n) is 2.58. The Bertz CT molecular complexity index is 548. The van der Waals surface area contributed by atoms with Crippen LogP contribution in [0.4, 0.5) is 8.78 Å². The summed E-state index contributed by atoms with van der Waals surface area (Å²) < 4.78 is 26.0. The van der Waals surface area contributed by atoms with Crippen molar-refractivity contribution in [2.45, 2.75) is 12.8 Å². The van der Waals surface area contributed by atoms with Crippen LogP contribution >= 0.6 is 0 Å². The molecule has 21 heavy (non-hydrogen) atoms. The highest BCUT2D eigenvalue weighted by molar-refractivity contribution is 5.97. The Hall–Kier alpha value is -1.82. The van der Waals surface area contributed by atoms with Crippen LogP contribution in [0.1, 0.15) is 23.2 Å². The average Bonchev–Trinajstić information content (AvgIpc) is 2.49. The van der Waals surface area contributed by atoms with Gasteiger partial charge in [0.1, 0.15) is 0 Å². The first-order chi connectivity index (χ1) is 10.0. The Morgan fingerprint density at radius 3 is 2.76 bits per heavy atom. The van der Waals surface area contributed by atoms with Crippen LogP contribution in [0.25, 0.3) is 0 Å². The highest BCUT2D eigenvalue weighted by Gasteiger charge is 2.26. The molecule has 1 aromatic carbocycles. The lowest BCUT2D eigenvalue weighted by atomic mass is 9.96. The number of piperidine rings is 1. The molecule has 4 nitrogen and oxygen atoms in total. The second-order valence-corrected chi connectivity index (χ2v) is 5.24. The third-order valence-electron chi connectivity index (χ3n) is 3.73. The van der Waals surface area contributed by atoms with E-state index in [9.17, 15) is 18.4 Å². The van der Waals surface area contributed by atoms with E-state index in [1.165, 1.54) is 6.07 Å². The third-order valence-corrected chi connectivity index (χ3v) is 3.73. The monoisotopic (exact) mass is 296 g/mol. The van der Waals surface area contributed by atoms with Gasteiger partial charge >= 0.3 is 0 Å². The zero-order chi connectivity index (χ0) is 15.4. The number of benzene rings is 1. The largest absolute Gasteiger partial charge is 0.359 e. The van der Waals surface area contributed by atoms with Crippen molar-refractivity contribution >= 4 is 11.7 Å². The molecule has 1 aromatic rings. The predicted octanol–water partition coefficient (Wildman–Crippen LogP) is 1.61. The summed E-state index contributed by atoms with van der Waals surface area (Å²) in [4.78, 5) is 25.6. The van der Waals surface area contributed by atoms with Gasteiger partial charge in [0.05, 0.1) is 12.5 Å². The number of nitrogens with one attached hydrogen (secondary N) is 1. The maximum absolute atomic E-state index is 13.1. The van der Waals surface area contributed by atoms with Crippen molar-refractivity contribution in [3.05, 3.63) is 35.4 Å². The molecule has 2 rings (SSSR count). The number of amides is 1. The first-order valence-corrected chi connectivity index (χ1v) is 6.93. The normalized spacial score (nSPS) is 19.3. The molecule has 0 aliphatic carbocycles. The first-order valence-electron chi connectivity index (χ1n) is 6.93. The van der Waals surface area contributed by atoms with E-state index in [-0.39, 0.29) is 29.7 Å². The third kappa shape index (κ3) is 3.85. The van der Waals surface area contributed by atoms with Crippen molar-refractivity contribution < 1.29 is 18.4 Å². The van der Waals surface area contributed by atoms with E-state index in [4.69, 9.17) is 0 Å². The van der Waals surface area contributed by atoms with Crippen molar-refractivity contribution in [3.63, 3.8) is 0 Å². The first kappa shape index (κ1) is 15.6. The molecule has 0 spiro atoms. The Labute approximate surface area is 122 Å². The summed E-state index contributed by atoms with van der Waals surface area (Å²) in [5.41, 5.74) is 0.149. The molecule has 0 bridgehead atoms. The van der Waals surface area contributed by atoms with E-state index in [2.05, 4.69) is 5.32 Å². The topological polar surface area (TPSA) is 49.4 Å². The van der Waals surface area contributed by atoms with Gasteiger partial charge < -0.3 is 5.32 Å². The molecule has 1 N–H and O–H groups in total. The summed E-state index contributed by atoms with van der Waals surface area (Å²) in [6, 6.07) is 3.14. The maximum Gasteiger partial charge on any atom is 0.224 e. The molecule has 1 fully saturated rings. The highest BCUT2D eigenvalue weighted by atomic mass is 19.2. The Balaban J connectivity index is 1.98. The molecule has 1 aliphatic heterocycles. The van der Waals surface area contributed by atoms with Gasteiger partial charge in [-0.05, 0) is 37.6 Å². The Morgan fingerprint density at radius 2 is 2.10 bits per heavy atom. The molecule has 1 amide bonds. The van der Waals surface area contributed by atoms with Crippen LogP contribution < -0.4 is 5.32 Å². The lowest BCUT2D eigenvalue weighted by molar-refractivity contribution is -0.126. The summed E-state index contributed by atoms with van der Waals surface area (Å²) >= 11 is 0. The fraction of sp³-hybridized carbons (Fsp3) is 0.467. The number of carbonyl (C=O) groups is 2. The molecule has 0 saturated carbocycles. The van der Waals surface area contributed by atoms with Crippen LogP contribution in [0, 0.1) is 17.6 Å². The van der Waals surface area contributed by atoms with E-state index in [1.54, 1.807) is 7.05 Å². The number of likely N-dealkylation sites (tertiary alicyclic amines) is 1. The highest BCUT2D eigenvalue weighted by Crippen LogP contribution is 2.17. The summed E-state index contributed by atoms with van der Waals surface area (Å²) in [7, 11) is 1.59. The molecule has 1 aliphatic rings. The summed E-state index contributed by atoms with van der Waals surface area (Å²) in [5, 5.41) is 2.61. The molecular formula is C15H18F2N2O2. The molecule has 1 unspecified atom stereocenters. The van der Waals surface area contributed by atoms with Crippen molar-refractivity contribution in [1.29, 1.82) is 0 Å². The van der Waals surface area contributed by atoms with Gasteiger partial charge in [0.2, 0.25) is 5.91 Å². The van der Waals surface area contributed by atoms with Gasteiger partial charge in [-0.25, -0.2) is 8.78 Å². The number of hydrogen-bond donors (Lipinski definition) is 1. The van der Waals surface area contributed by atoms with Crippen LogP contribution in [0.15, 0.2) is 18.2 Å². The maximum atomic E-state index is 13.1. The molecule has 1 heterocycles. The summed E-state index contributed by atoms with van der Waals surface area (Å²) in [5.74, 6) is -2.42. The van der Waals surface area contributed by atoms with Crippen molar-refractivity contribution in [2.24, 2.45) is 5.92 Å². The number of hydrogen-bond acceptors (Lipinski definition) is 3. The second kappa shape index (κ2) is 6.76. The lowest BCUT2D eigenvalue weighted by Gasteiger charge is -2.31. The molecule has 6 heteroatoms. The van der Waals surface area contributed by atoms with E-state index in [1.807, 2.05) is 4.90 Å². The predicted molar refractivity (Wildman–Crippen MR) is 73.9 cm³/mol. The number of nitrogens with zero attached hydrogens (tertiary/aromatic N) is 1. The van der Waals surface area contributed by atoms with Crippen LogP contribution in [-0.4, -0.2) is 43.3 Å². The molecular weight excluding hydrogens is 278 g/mol. The molecule has 114 valence electrons. The molecule has 0 aromatic heterocycles. The zero-order valence-electron chi connectivity index (χ0n) is 11.9. The Morgan fingerprint density at radius 1 is 1.33 bits per heavy atom. The van der Waals surface area contributed by atoms with Gasteiger partial charge in [0.15, 0.2) is 17.4 Å². The van der Waals surface area contributed by atoms with Gasteiger partial charge in [0.25, 0.3) is 0 Å². The van der Waals surface area contributed by atoms with Crippen molar-refractivity contribution in [2.75, 3.05) is 26.7 Å². The minimum atomic E-state index is -1.03. The molecule has 1 atom stereocenters. The van der Waals surface area contributed by atoms with Crippen LogP contribution in [0.3, 0.4) is 0 Å². The molecule has 1 saturated heterocycles. The van der Waals surface area contributed by atoms with Gasteiger partial charge in [-0.2, -0.15) is 0 Å². The number of carbonyl (C=O) groups excluding carboxylic acids is 2. The summed E-state index contributed by atoms with van der Waals surface area (Å²) in [6.45, 7) is 1.34. The number of ketones is 1. The minimum Gasteiger partial charge on any atom is -0.359 e. The van der Waals surface area contributed by atoms with E-state index >= 15 is 0 Å². The number of rotatable bonds is 4. The van der Waals surface area contributed by atoms with Crippen LogP contribution in [0.5, 0.6) is 0 Å². The quantitative estimate of drug-likeness (QED) is 0.859. The van der Waals surface area contributed by atoms with E-state index in [0.717, 1.165) is 31.5 Å². The van der Waals surface area contributed by atoms with Crippen molar-refractivity contribution in [1.82, 2.24) is 10.2 Å². The zero-order valence-corrected chi connectivity index (χ0v) is 11.9. The van der Waals surface area contributed by atoms with Crippen LogP contribution in [0.2, 0.25) is 0 Å². The lowest BCUT2D eigenvalue weighted by Crippen LogP contribution is -2.44. The van der Waals surface area contributed by atoms with Gasteiger partial charge in [-0.15, -0.1) is 0 Å². The second-order valence-electron chi connectivity index (χ2n) is 5.24. The average molecular weight is 296 g/mol. The van der Waals surface area contributed by atoms with Gasteiger partial charge in [-0.1, -0.05) is 0 Å². The Kier molecular flexibility index (Phi) is 5.01. The minimum absolute atomic E-state index is 0.0278. The number of Topliss-reactive ketones (excluding diaryl/α,β-unsaturated/α-hetero) is 1. The van der Waals surface area contributed by atoms with Crippen molar-refractivity contribution in [3.8, 4) is 0 Å².